The van der Waals surface area contributed by atoms with E-state index in [1.807, 2.05) is 0 Å². The quantitative estimate of drug-likeness (QED) is 0.854. The van der Waals surface area contributed by atoms with E-state index in [9.17, 15) is 23.2 Å². The molecule has 0 saturated carbocycles. The molecule has 2 amide bonds. The summed E-state index contributed by atoms with van der Waals surface area (Å²) in [5.41, 5.74) is -1.10. The molecule has 1 saturated heterocycles. The molecule has 3 rings (SSSR count). The topological polar surface area (TPSA) is 73.1 Å². The van der Waals surface area contributed by atoms with E-state index < -0.39 is 41.2 Å². The number of hydrogen-bond acceptors (Lipinski definition) is 3. The molecule has 2 aromatic rings. The number of halogens is 2. The smallest absolute Gasteiger partial charge is 0.295 e. The van der Waals surface area contributed by atoms with Crippen LogP contribution in [0.25, 0.3) is 11.0 Å². The Labute approximate surface area is 129 Å². The van der Waals surface area contributed by atoms with Crippen LogP contribution in [0.1, 0.15) is 38.8 Å². The third-order valence-electron chi connectivity index (χ3n) is 3.98. The molecule has 2 heterocycles. The molecule has 1 aromatic heterocycles. The fourth-order valence-corrected chi connectivity index (χ4v) is 2.99. The summed E-state index contributed by atoms with van der Waals surface area (Å²) < 4.78 is 30.6. The summed E-state index contributed by atoms with van der Waals surface area (Å²) in [6.45, 7) is 3.33. The zero-order valence-corrected chi connectivity index (χ0v) is 12.6. The second-order valence-electron chi connectivity index (χ2n) is 5.81. The van der Waals surface area contributed by atoms with Crippen LogP contribution in [0.3, 0.4) is 0 Å². The Morgan fingerprint density at radius 3 is 2.30 bits per heavy atom. The summed E-state index contributed by atoms with van der Waals surface area (Å²) >= 11 is 0. The number of imidazole rings is 1. The maximum atomic E-state index is 14.3. The van der Waals surface area contributed by atoms with E-state index >= 15 is 0 Å². The van der Waals surface area contributed by atoms with Crippen LogP contribution in [0.5, 0.6) is 0 Å². The summed E-state index contributed by atoms with van der Waals surface area (Å²) in [5.74, 6) is -2.66. The average Bonchev–Trinajstić information content (AvgIpc) is 2.78. The lowest BCUT2D eigenvalue weighted by molar-refractivity contribution is -0.135. The second kappa shape index (κ2) is 5.29. The van der Waals surface area contributed by atoms with Gasteiger partial charge in [0, 0.05) is 12.5 Å². The maximum Gasteiger partial charge on any atom is 0.330 e. The van der Waals surface area contributed by atoms with Crippen molar-refractivity contribution in [1.29, 1.82) is 0 Å². The van der Waals surface area contributed by atoms with Gasteiger partial charge in [-0.3, -0.25) is 24.0 Å². The fourth-order valence-electron chi connectivity index (χ4n) is 2.99. The number of fused-ring (bicyclic) bond motifs is 1. The van der Waals surface area contributed by atoms with Crippen molar-refractivity contribution in [3.63, 3.8) is 0 Å². The van der Waals surface area contributed by atoms with E-state index in [2.05, 4.69) is 5.32 Å². The molecule has 1 aromatic carbocycles. The Kier molecular flexibility index (Phi) is 3.54. The third kappa shape index (κ3) is 2.25. The predicted octanol–water partition coefficient (Wildman–Crippen LogP) is 1.64. The number of imide groups is 1. The van der Waals surface area contributed by atoms with Crippen molar-refractivity contribution in [3.05, 3.63) is 34.3 Å². The highest BCUT2D eigenvalue weighted by molar-refractivity contribution is 6.00. The van der Waals surface area contributed by atoms with E-state index in [0.717, 1.165) is 21.3 Å². The minimum atomic E-state index is -1.04. The van der Waals surface area contributed by atoms with Crippen LogP contribution in [-0.2, 0) is 9.59 Å². The van der Waals surface area contributed by atoms with Crippen molar-refractivity contribution in [1.82, 2.24) is 14.5 Å². The molecule has 1 unspecified atom stereocenters. The van der Waals surface area contributed by atoms with E-state index in [1.165, 1.54) is 0 Å². The van der Waals surface area contributed by atoms with Crippen molar-refractivity contribution in [3.8, 4) is 0 Å². The molecule has 0 aliphatic carbocycles. The summed E-state index contributed by atoms with van der Waals surface area (Å²) in [6, 6.07) is 0.407. The van der Waals surface area contributed by atoms with Crippen molar-refractivity contribution in [2.45, 2.75) is 38.8 Å². The first kappa shape index (κ1) is 15.4. The molecule has 8 heteroatoms. The highest BCUT2D eigenvalue weighted by Crippen LogP contribution is 2.28. The molecule has 0 bridgehead atoms. The standard InChI is InChI=1S/C15H15F2N3O3/c1-7(2)19-12-8(16)3-4-9(17)13(12)20(15(19)23)10-5-6-11(21)18-14(10)22/h3-4,7,10H,5-6H2,1-2H3,(H,18,21,22). The Hall–Kier alpha value is -2.51. The Morgan fingerprint density at radius 1 is 1.13 bits per heavy atom. The molecule has 0 radical (unpaired) electrons. The van der Waals surface area contributed by atoms with Crippen LogP contribution < -0.4 is 11.0 Å². The van der Waals surface area contributed by atoms with Gasteiger partial charge in [-0.05, 0) is 32.4 Å². The van der Waals surface area contributed by atoms with Gasteiger partial charge in [-0.2, -0.15) is 0 Å². The summed E-state index contributed by atoms with van der Waals surface area (Å²) in [7, 11) is 0. The lowest BCUT2D eigenvalue weighted by Gasteiger charge is -2.22. The molecule has 1 aliphatic rings. The second-order valence-corrected chi connectivity index (χ2v) is 5.81. The van der Waals surface area contributed by atoms with Crippen LogP contribution in [0.4, 0.5) is 8.78 Å². The number of carbonyl (C=O) groups excluding carboxylic acids is 2. The Bertz CT molecular complexity index is 882. The van der Waals surface area contributed by atoms with Crippen LogP contribution in [0.2, 0.25) is 0 Å². The van der Waals surface area contributed by atoms with Gasteiger partial charge in [-0.1, -0.05) is 0 Å². The zero-order valence-electron chi connectivity index (χ0n) is 12.6. The van der Waals surface area contributed by atoms with Crippen LogP contribution in [-0.4, -0.2) is 20.9 Å². The monoisotopic (exact) mass is 323 g/mol. The number of piperidine rings is 1. The van der Waals surface area contributed by atoms with Gasteiger partial charge >= 0.3 is 5.69 Å². The largest absolute Gasteiger partial charge is 0.330 e. The first-order chi connectivity index (χ1) is 10.8. The molecule has 23 heavy (non-hydrogen) atoms. The van der Waals surface area contributed by atoms with Gasteiger partial charge in [0.15, 0.2) is 0 Å². The van der Waals surface area contributed by atoms with E-state index in [0.29, 0.717) is 0 Å². The minimum Gasteiger partial charge on any atom is -0.295 e. The van der Waals surface area contributed by atoms with Gasteiger partial charge in [-0.15, -0.1) is 0 Å². The lowest BCUT2D eigenvalue weighted by atomic mass is 10.1. The molecule has 1 aliphatic heterocycles. The van der Waals surface area contributed by atoms with E-state index in [-0.39, 0.29) is 23.9 Å². The van der Waals surface area contributed by atoms with Gasteiger partial charge in [0.05, 0.1) is 0 Å². The fraction of sp³-hybridized carbons (Fsp3) is 0.400. The van der Waals surface area contributed by atoms with Gasteiger partial charge < -0.3 is 0 Å². The lowest BCUT2D eigenvalue weighted by Crippen LogP contribution is -2.44. The molecule has 1 N–H and O–H groups in total. The summed E-state index contributed by atoms with van der Waals surface area (Å²) in [5, 5.41) is 2.13. The van der Waals surface area contributed by atoms with Crippen molar-refractivity contribution in [2.75, 3.05) is 0 Å². The summed E-state index contributed by atoms with van der Waals surface area (Å²) in [6.07, 6.45) is 0.103. The first-order valence-electron chi connectivity index (χ1n) is 7.27. The highest BCUT2D eigenvalue weighted by Gasteiger charge is 2.33. The van der Waals surface area contributed by atoms with Crippen LogP contribution >= 0.6 is 0 Å². The molecule has 122 valence electrons. The van der Waals surface area contributed by atoms with Crippen LogP contribution in [0, 0.1) is 11.6 Å². The normalized spacial score (nSPS) is 18.7. The number of benzene rings is 1. The van der Waals surface area contributed by atoms with Crippen molar-refractivity contribution in [2.24, 2.45) is 0 Å². The van der Waals surface area contributed by atoms with Gasteiger partial charge in [-0.25, -0.2) is 13.6 Å². The number of rotatable bonds is 2. The minimum absolute atomic E-state index is 0.0358. The molecule has 1 atom stereocenters. The number of carbonyl (C=O) groups is 2. The highest BCUT2D eigenvalue weighted by atomic mass is 19.1. The number of nitrogens with one attached hydrogen (secondary N) is 1. The van der Waals surface area contributed by atoms with Crippen molar-refractivity contribution < 1.29 is 18.4 Å². The number of hydrogen-bond donors (Lipinski definition) is 1. The van der Waals surface area contributed by atoms with Gasteiger partial charge in [0.25, 0.3) is 0 Å². The van der Waals surface area contributed by atoms with Crippen molar-refractivity contribution >= 4 is 22.8 Å². The number of amides is 2. The van der Waals surface area contributed by atoms with E-state index in [1.54, 1.807) is 13.8 Å². The van der Waals surface area contributed by atoms with Gasteiger partial charge in [0.1, 0.15) is 28.7 Å². The summed E-state index contributed by atoms with van der Waals surface area (Å²) in [4.78, 5) is 36.0. The average molecular weight is 323 g/mol. The van der Waals surface area contributed by atoms with Gasteiger partial charge in [0.2, 0.25) is 11.8 Å². The molecular weight excluding hydrogens is 308 g/mol. The first-order valence-corrected chi connectivity index (χ1v) is 7.27. The number of nitrogens with zero attached hydrogens (tertiary/aromatic N) is 2. The maximum absolute atomic E-state index is 14.3. The Morgan fingerprint density at radius 2 is 1.74 bits per heavy atom. The predicted molar refractivity (Wildman–Crippen MR) is 77.9 cm³/mol. The molecular formula is C15H15F2N3O3. The molecule has 0 spiro atoms. The third-order valence-corrected chi connectivity index (χ3v) is 3.98. The number of aromatic nitrogens is 2. The SMILES string of the molecule is CC(C)n1c(=O)n(C2CCC(=O)NC2=O)c2c(F)ccc(F)c21. The van der Waals surface area contributed by atoms with E-state index in [4.69, 9.17) is 0 Å². The van der Waals surface area contributed by atoms with Crippen LogP contribution in [0.15, 0.2) is 16.9 Å². The zero-order chi connectivity index (χ0) is 16.9. The molecule has 6 nitrogen and oxygen atoms in total. The Balaban J connectivity index is 2.35. The molecule has 1 fully saturated rings.